The van der Waals surface area contributed by atoms with Crippen molar-refractivity contribution in [2.45, 2.75) is 13.0 Å². The van der Waals surface area contributed by atoms with Gasteiger partial charge in [-0.25, -0.2) is 0 Å². The predicted octanol–water partition coefficient (Wildman–Crippen LogP) is 1.49. The Morgan fingerprint density at radius 2 is 2.32 bits per heavy atom. The van der Waals surface area contributed by atoms with Gasteiger partial charge in [-0.05, 0) is 18.2 Å². The molecule has 22 heavy (non-hydrogen) atoms. The minimum atomic E-state index is -0.100. The van der Waals surface area contributed by atoms with Gasteiger partial charge in [-0.3, -0.25) is 4.79 Å². The van der Waals surface area contributed by atoms with Crippen LogP contribution < -0.4 is 4.74 Å². The summed E-state index contributed by atoms with van der Waals surface area (Å²) in [5.41, 5.74) is 3.76. The summed E-state index contributed by atoms with van der Waals surface area (Å²) in [5.74, 6) is 0.714. The molecule has 1 aliphatic rings. The van der Waals surface area contributed by atoms with Crippen molar-refractivity contribution in [3.63, 3.8) is 0 Å². The van der Waals surface area contributed by atoms with E-state index in [1.165, 1.54) is 11.9 Å². The van der Waals surface area contributed by atoms with Crippen LogP contribution in [0.1, 0.15) is 21.7 Å². The number of aromatic nitrogens is 4. The standard InChI is InChI=1S/C15H15N5O2/c1-22-9-2-3-12-10(6-9)11-8-20(5-4-13(11)17-12)15(21)14-7-16-19-18-14/h2-3,6-7,17H,4-5,8H2,1H3,(H,16,18,19). The lowest BCUT2D eigenvalue weighted by Gasteiger charge is -2.26. The first-order valence-electron chi connectivity index (χ1n) is 7.09. The molecule has 0 fully saturated rings. The van der Waals surface area contributed by atoms with Crippen LogP contribution in [0.3, 0.4) is 0 Å². The average Bonchev–Trinajstić information content (AvgIpc) is 3.20. The van der Waals surface area contributed by atoms with E-state index in [9.17, 15) is 4.79 Å². The first-order chi connectivity index (χ1) is 10.8. The number of nitrogens with one attached hydrogen (secondary N) is 2. The van der Waals surface area contributed by atoms with E-state index in [1.54, 1.807) is 12.0 Å². The number of hydrogen-bond acceptors (Lipinski definition) is 4. The van der Waals surface area contributed by atoms with Crippen molar-refractivity contribution in [3.05, 3.63) is 41.3 Å². The second-order valence-corrected chi connectivity index (χ2v) is 5.33. The molecule has 2 N–H and O–H groups in total. The number of amides is 1. The number of carbonyl (C=O) groups is 1. The number of benzene rings is 1. The summed E-state index contributed by atoms with van der Waals surface area (Å²) in [6.07, 6.45) is 2.26. The van der Waals surface area contributed by atoms with Crippen molar-refractivity contribution in [3.8, 4) is 5.75 Å². The first kappa shape index (κ1) is 12.9. The topological polar surface area (TPSA) is 86.9 Å². The van der Waals surface area contributed by atoms with Crippen LogP contribution in [0.2, 0.25) is 0 Å². The van der Waals surface area contributed by atoms with Gasteiger partial charge in [-0.1, -0.05) is 0 Å². The van der Waals surface area contributed by atoms with Gasteiger partial charge in [0, 0.05) is 41.7 Å². The quantitative estimate of drug-likeness (QED) is 0.750. The van der Waals surface area contributed by atoms with Crippen LogP contribution in [0, 0.1) is 0 Å². The first-order valence-corrected chi connectivity index (χ1v) is 7.09. The maximum atomic E-state index is 12.4. The van der Waals surface area contributed by atoms with E-state index in [4.69, 9.17) is 4.74 Å². The minimum Gasteiger partial charge on any atom is -0.497 e. The van der Waals surface area contributed by atoms with Crippen molar-refractivity contribution in [1.82, 2.24) is 25.3 Å². The number of nitrogens with zero attached hydrogens (tertiary/aromatic N) is 3. The van der Waals surface area contributed by atoms with Crippen LogP contribution in [-0.4, -0.2) is 44.9 Å². The SMILES string of the molecule is COc1ccc2[nH]c3c(c2c1)CN(C(=O)c1cn[nH]n1)CC3. The molecule has 1 aromatic carbocycles. The highest BCUT2D eigenvalue weighted by atomic mass is 16.5. The Bertz CT molecular complexity index is 837. The maximum absolute atomic E-state index is 12.4. The maximum Gasteiger partial charge on any atom is 0.276 e. The minimum absolute atomic E-state index is 0.100. The highest BCUT2D eigenvalue weighted by molar-refractivity contribution is 5.93. The molecule has 112 valence electrons. The lowest BCUT2D eigenvalue weighted by atomic mass is 10.0. The summed E-state index contributed by atoms with van der Waals surface area (Å²) in [4.78, 5) is 17.7. The summed E-state index contributed by atoms with van der Waals surface area (Å²) >= 11 is 0. The molecule has 7 nitrogen and oxygen atoms in total. The van der Waals surface area contributed by atoms with Gasteiger partial charge in [0.25, 0.3) is 5.91 Å². The van der Waals surface area contributed by atoms with Gasteiger partial charge >= 0.3 is 0 Å². The van der Waals surface area contributed by atoms with Crippen LogP contribution in [0.25, 0.3) is 10.9 Å². The van der Waals surface area contributed by atoms with Gasteiger partial charge in [0.05, 0.1) is 13.3 Å². The molecule has 7 heteroatoms. The van der Waals surface area contributed by atoms with Gasteiger partial charge in [-0.2, -0.15) is 15.4 Å². The van der Waals surface area contributed by atoms with Crippen LogP contribution in [0.5, 0.6) is 5.75 Å². The van der Waals surface area contributed by atoms with Crippen molar-refractivity contribution in [2.75, 3.05) is 13.7 Å². The molecule has 1 aliphatic heterocycles. The third-order valence-electron chi connectivity index (χ3n) is 4.10. The van der Waals surface area contributed by atoms with Crippen molar-refractivity contribution >= 4 is 16.8 Å². The van der Waals surface area contributed by atoms with E-state index in [-0.39, 0.29) is 5.91 Å². The Labute approximate surface area is 126 Å². The zero-order valence-corrected chi connectivity index (χ0v) is 12.1. The van der Waals surface area contributed by atoms with Gasteiger partial charge < -0.3 is 14.6 Å². The Balaban J connectivity index is 1.71. The number of aromatic amines is 2. The summed E-state index contributed by atoms with van der Waals surface area (Å²) in [6.45, 7) is 1.23. The second-order valence-electron chi connectivity index (χ2n) is 5.33. The molecule has 0 saturated heterocycles. The van der Waals surface area contributed by atoms with Crippen LogP contribution in [0.4, 0.5) is 0 Å². The van der Waals surface area contributed by atoms with Crippen LogP contribution in [0.15, 0.2) is 24.4 Å². The Hall–Kier alpha value is -2.83. The lowest BCUT2D eigenvalue weighted by Crippen LogP contribution is -2.36. The zero-order chi connectivity index (χ0) is 15.1. The second kappa shape index (κ2) is 4.87. The molecule has 0 atom stereocenters. The summed E-state index contributed by atoms with van der Waals surface area (Å²) < 4.78 is 5.30. The van der Waals surface area contributed by atoms with Crippen molar-refractivity contribution < 1.29 is 9.53 Å². The molecular formula is C15H15N5O2. The largest absolute Gasteiger partial charge is 0.497 e. The van der Waals surface area contributed by atoms with E-state index in [0.717, 1.165) is 28.6 Å². The Morgan fingerprint density at radius 3 is 3.09 bits per heavy atom. The number of ether oxygens (including phenoxy) is 1. The van der Waals surface area contributed by atoms with Crippen LogP contribution in [-0.2, 0) is 13.0 Å². The normalized spacial score (nSPS) is 14.1. The van der Waals surface area contributed by atoms with E-state index in [0.29, 0.717) is 18.8 Å². The molecule has 2 aromatic heterocycles. The van der Waals surface area contributed by atoms with Gasteiger partial charge in [0.1, 0.15) is 5.75 Å². The molecule has 1 amide bonds. The molecular weight excluding hydrogens is 282 g/mol. The average molecular weight is 297 g/mol. The molecule has 0 spiro atoms. The number of carbonyl (C=O) groups excluding carboxylic acids is 1. The molecule has 0 bridgehead atoms. The van der Waals surface area contributed by atoms with E-state index in [1.807, 2.05) is 18.2 Å². The molecule has 4 rings (SSSR count). The van der Waals surface area contributed by atoms with Gasteiger partial charge in [-0.15, -0.1) is 0 Å². The van der Waals surface area contributed by atoms with Gasteiger partial charge in [0.15, 0.2) is 5.69 Å². The number of H-pyrrole nitrogens is 2. The number of methoxy groups -OCH3 is 1. The third-order valence-corrected chi connectivity index (χ3v) is 4.10. The van der Waals surface area contributed by atoms with E-state index < -0.39 is 0 Å². The molecule has 0 unspecified atom stereocenters. The summed E-state index contributed by atoms with van der Waals surface area (Å²) in [5, 5.41) is 11.2. The highest BCUT2D eigenvalue weighted by Crippen LogP contribution is 2.30. The molecule has 0 radical (unpaired) electrons. The third kappa shape index (κ3) is 1.93. The summed E-state index contributed by atoms with van der Waals surface area (Å²) in [6, 6.07) is 5.95. The molecule has 3 heterocycles. The predicted molar refractivity (Wildman–Crippen MR) is 79.7 cm³/mol. The fourth-order valence-electron chi connectivity index (χ4n) is 2.96. The monoisotopic (exact) mass is 297 g/mol. The fraction of sp³-hybridized carbons (Fsp3) is 0.267. The van der Waals surface area contributed by atoms with Gasteiger partial charge in [0.2, 0.25) is 0 Å². The van der Waals surface area contributed by atoms with E-state index in [2.05, 4.69) is 20.4 Å². The zero-order valence-electron chi connectivity index (χ0n) is 12.1. The van der Waals surface area contributed by atoms with Crippen molar-refractivity contribution in [1.29, 1.82) is 0 Å². The highest BCUT2D eigenvalue weighted by Gasteiger charge is 2.26. The van der Waals surface area contributed by atoms with Crippen molar-refractivity contribution in [2.24, 2.45) is 0 Å². The Morgan fingerprint density at radius 1 is 1.41 bits per heavy atom. The number of hydrogen-bond donors (Lipinski definition) is 2. The molecule has 0 aliphatic carbocycles. The smallest absolute Gasteiger partial charge is 0.276 e. The Kier molecular flexibility index (Phi) is 2.85. The fourth-order valence-corrected chi connectivity index (χ4v) is 2.96. The number of rotatable bonds is 2. The number of fused-ring (bicyclic) bond motifs is 3. The lowest BCUT2D eigenvalue weighted by molar-refractivity contribution is 0.0729. The molecule has 0 saturated carbocycles. The van der Waals surface area contributed by atoms with Crippen LogP contribution >= 0.6 is 0 Å². The molecule has 3 aromatic rings. The van der Waals surface area contributed by atoms with E-state index >= 15 is 0 Å². The summed E-state index contributed by atoms with van der Waals surface area (Å²) in [7, 11) is 1.65.